The van der Waals surface area contributed by atoms with Gasteiger partial charge in [0.25, 0.3) is 5.91 Å². The Morgan fingerprint density at radius 2 is 1.88 bits per heavy atom. The number of aromatic nitrogens is 1. The summed E-state index contributed by atoms with van der Waals surface area (Å²) in [5.74, 6) is -0.649. The van der Waals surface area contributed by atoms with Gasteiger partial charge in [-0.1, -0.05) is 23.7 Å². The monoisotopic (exact) mass is 355 g/mol. The minimum atomic E-state index is -0.344. The molecule has 0 aliphatic heterocycles. The van der Waals surface area contributed by atoms with Crippen LogP contribution in [0.2, 0.25) is 5.02 Å². The van der Waals surface area contributed by atoms with Gasteiger partial charge in [-0.05, 0) is 48.9 Å². The average Bonchev–Trinajstić information content (AvgIpc) is 2.59. The van der Waals surface area contributed by atoms with Gasteiger partial charge in [0.2, 0.25) is 0 Å². The summed E-state index contributed by atoms with van der Waals surface area (Å²) in [6.45, 7) is 1.83. The lowest BCUT2D eigenvalue weighted by atomic mass is 10.2. The molecule has 0 spiro atoms. The molecule has 4 nitrogen and oxygen atoms in total. The Morgan fingerprint density at radius 3 is 2.68 bits per heavy atom. The summed E-state index contributed by atoms with van der Waals surface area (Å²) in [6, 6.07) is 13.0. The van der Waals surface area contributed by atoms with Crippen molar-refractivity contribution in [2.75, 3.05) is 10.6 Å². The van der Waals surface area contributed by atoms with E-state index in [9.17, 15) is 9.18 Å². The molecule has 3 rings (SSSR count). The van der Waals surface area contributed by atoms with Crippen LogP contribution in [-0.4, -0.2) is 10.9 Å². The molecule has 0 aliphatic rings. The van der Waals surface area contributed by atoms with E-state index in [4.69, 9.17) is 11.6 Å². The summed E-state index contributed by atoms with van der Waals surface area (Å²) in [5, 5.41) is 6.42. The molecule has 1 amide bonds. The Morgan fingerprint density at radius 1 is 1.08 bits per heavy atom. The Bertz CT molecular complexity index is 930. The summed E-state index contributed by atoms with van der Waals surface area (Å²) < 4.78 is 13.3. The lowest BCUT2D eigenvalue weighted by Crippen LogP contribution is -2.13. The van der Waals surface area contributed by atoms with Crippen molar-refractivity contribution in [1.82, 2.24) is 4.98 Å². The zero-order valence-electron chi connectivity index (χ0n) is 13.4. The Kier molecular flexibility index (Phi) is 4.95. The highest BCUT2D eigenvalue weighted by molar-refractivity contribution is 6.31. The van der Waals surface area contributed by atoms with E-state index in [0.717, 1.165) is 5.56 Å². The van der Waals surface area contributed by atoms with Crippen molar-refractivity contribution in [1.29, 1.82) is 0 Å². The Labute approximate surface area is 149 Å². The van der Waals surface area contributed by atoms with Crippen molar-refractivity contribution in [3.8, 4) is 0 Å². The molecule has 0 saturated carbocycles. The van der Waals surface area contributed by atoms with Crippen LogP contribution in [-0.2, 0) is 0 Å². The molecule has 0 bridgehead atoms. The summed E-state index contributed by atoms with van der Waals surface area (Å²) in [5.41, 5.74) is 2.97. The number of benzene rings is 2. The van der Waals surface area contributed by atoms with Gasteiger partial charge in [-0.2, -0.15) is 0 Å². The first-order valence-corrected chi connectivity index (χ1v) is 7.95. The second-order valence-corrected chi connectivity index (χ2v) is 5.87. The van der Waals surface area contributed by atoms with Crippen molar-refractivity contribution in [2.45, 2.75) is 6.92 Å². The van der Waals surface area contributed by atoms with E-state index in [0.29, 0.717) is 27.6 Å². The van der Waals surface area contributed by atoms with Gasteiger partial charge in [0, 0.05) is 22.6 Å². The highest BCUT2D eigenvalue weighted by Gasteiger charge is 2.10. The highest BCUT2D eigenvalue weighted by Crippen LogP contribution is 2.24. The normalized spacial score (nSPS) is 10.4. The molecule has 2 aromatic carbocycles. The molecule has 25 heavy (non-hydrogen) atoms. The summed E-state index contributed by atoms with van der Waals surface area (Å²) in [6.07, 6.45) is 3.03. The van der Waals surface area contributed by atoms with Crippen molar-refractivity contribution in [3.63, 3.8) is 0 Å². The van der Waals surface area contributed by atoms with Crippen LogP contribution in [0.25, 0.3) is 0 Å². The molecule has 2 N–H and O–H groups in total. The molecule has 126 valence electrons. The van der Waals surface area contributed by atoms with Crippen molar-refractivity contribution in [2.24, 2.45) is 0 Å². The molecular weight excluding hydrogens is 341 g/mol. The first-order chi connectivity index (χ1) is 12.0. The zero-order chi connectivity index (χ0) is 17.8. The van der Waals surface area contributed by atoms with Crippen LogP contribution in [0.3, 0.4) is 0 Å². The van der Waals surface area contributed by atoms with E-state index in [1.807, 2.05) is 6.92 Å². The summed E-state index contributed by atoms with van der Waals surface area (Å²) >= 11 is 6.07. The van der Waals surface area contributed by atoms with E-state index in [2.05, 4.69) is 15.6 Å². The van der Waals surface area contributed by atoms with Crippen LogP contribution in [0.1, 0.15) is 15.9 Å². The lowest BCUT2D eigenvalue weighted by molar-refractivity contribution is 0.102. The fourth-order valence-corrected chi connectivity index (χ4v) is 2.48. The second-order valence-electron chi connectivity index (χ2n) is 5.46. The van der Waals surface area contributed by atoms with E-state index in [-0.39, 0.29) is 11.7 Å². The topological polar surface area (TPSA) is 54.0 Å². The maximum atomic E-state index is 13.3. The quantitative estimate of drug-likeness (QED) is 0.678. The van der Waals surface area contributed by atoms with Crippen LogP contribution in [0.4, 0.5) is 21.5 Å². The molecule has 0 unspecified atom stereocenters. The molecule has 0 fully saturated rings. The van der Waals surface area contributed by atoms with Gasteiger partial charge in [0.05, 0.1) is 17.4 Å². The van der Waals surface area contributed by atoms with Crippen LogP contribution >= 0.6 is 11.6 Å². The maximum absolute atomic E-state index is 13.3. The third-order valence-electron chi connectivity index (χ3n) is 3.63. The number of carbonyl (C=O) groups excluding carboxylic acids is 1. The fourth-order valence-electron chi connectivity index (χ4n) is 2.30. The number of carbonyl (C=O) groups is 1. The Hall–Kier alpha value is -2.92. The number of nitrogens with zero attached hydrogens (tertiary/aromatic N) is 1. The molecule has 0 aliphatic carbocycles. The maximum Gasteiger partial charge on any atom is 0.257 e. The van der Waals surface area contributed by atoms with Gasteiger partial charge >= 0.3 is 0 Å². The highest BCUT2D eigenvalue weighted by atomic mass is 35.5. The molecule has 1 heterocycles. The number of rotatable bonds is 4. The van der Waals surface area contributed by atoms with Crippen LogP contribution in [0, 0.1) is 12.7 Å². The Balaban J connectivity index is 1.78. The van der Waals surface area contributed by atoms with Gasteiger partial charge in [0.1, 0.15) is 5.82 Å². The number of hydrogen-bond donors (Lipinski definition) is 2. The summed E-state index contributed by atoms with van der Waals surface area (Å²) in [7, 11) is 0. The van der Waals surface area contributed by atoms with E-state index >= 15 is 0 Å². The largest absolute Gasteiger partial charge is 0.354 e. The third kappa shape index (κ3) is 4.14. The number of hydrogen-bond acceptors (Lipinski definition) is 3. The predicted octanol–water partition coefficient (Wildman–Crippen LogP) is 5.18. The predicted molar refractivity (Wildman–Crippen MR) is 98.1 cm³/mol. The van der Waals surface area contributed by atoms with Crippen molar-refractivity contribution < 1.29 is 9.18 Å². The third-order valence-corrected chi connectivity index (χ3v) is 4.04. The second kappa shape index (κ2) is 7.32. The standard InChI is InChI=1S/C19H15ClFN3O/c1-12-17(20)6-3-7-18(12)24-19(25)13-8-16(11-22-10-13)23-15-5-2-4-14(21)9-15/h2-11,23H,1H3,(H,24,25). The molecule has 6 heteroatoms. The minimum Gasteiger partial charge on any atom is -0.354 e. The summed E-state index contributed by atoms with van der Waals surface area (Å²) in [4.78, 5) is 16.5. The number of nitrogens with one attached hydrogen (secondary N) is 2. The number of amides is 1. The van der Waals surface area contributed by atoms with Gasteiger partial charge in [-0.15, -0.1) is 0 Å². The zero-order valence-corrected chi connectivity index (χ0v) is 14.1. The molecular formula is C19H15ClFN3O. The number of halogens is 2. The van der Waals surface area contributed by atoms with Crippen LogP contribution in [0.15, 0.2) is 60.9 Å². The van der Waals surface area contributed by atoms with Crippen LogP contribution < -0.4 is 10.6 Å². The number of pyridine rings is 1. The molecule has 0 saturated heterocycles. The minimum absolute atomic E-state index is 0.305. The SMILES string of the molecule is Cc1c(Cl)cccc1NC(=O)c1cncc(Nc2cccc(F)c2)c1. The smallest absolute Gasteiger partial charge is 0.257 e. The number of anilines is 3. The first kappa shape index (κ1) is 16.9. The average molecular weight is 356 g/mol. The van der Waals surface area contributed by atoms with E-state index in [1.54, 1.807) is 42.6 Å². The van der Waals surface area contributed by atoms with Gasteiger partial charge in [-0.3, -0.25) is 9.78 Å². The van der Waals surface area contributed by atoms with Gasteiger partial charge in [0.15, 0.2) is 0 Å². The molecule has 0 atom stereocenters. The molecule has 3 aromatic rings. The van der Waals surface area contributed by atoms with Crippen molar-refractivity contribution >= 4 is 34.6 Å². The van der Waals surface area contributed by atoms with Gasteiger partial charge < -0.3 is 10.6 Å². The molecule has 0 radical (unpaired) electrons. The van der Waals surface area contributed by atoms with Crippen LogP contribution in [0.5, 0.6) is 0 Å². The fraction of sp³-hybridized carbons (Fsp3) is 0.0526. The van der Waals surface area contributed by atoms with Crippen molar-refractivity contribution in [3.05, 3.63) is 82.9 Å². The first-order valence-electron chi connectivity index (χ1n) is 7.57. The van der Waals surface area contributed by atoms with Gasteiger partial charge in [-0.25, -0.2) is 4.39 Å². The van der Waals surface area contributed by atoms with E-state index in [1.165, 1.54) is 18.3 Å². The molecule has 1 aromatic heterocycles. The van der Waals surface area contributed by atoms with E-state index < -0.39 is 0 Å². The lowest BCUT2D eigenvalue weighted by Gasteiger charge is -2.11.